The number of carbonyl (C=O) groups is 1. The lowest BCUT2D eigenvalue weighted by molar-refractivity contribution is -0.122. The summed E-state index contributed by atoms with van der Waals surface area (Å²) in [7, 11) is 0. The van der Waals surface area contributed by atoms with Crippen LogP contribution in [0.4, 0.5) is 0 Å². The molecule has 0 aliphatic carbocycles. The molecule has 0 spiro atoms. The molecule has 0 radical (unpaired) electrons. The summed E-state index contributed by atoms with van der Waals surface area (Å²) in [5.41, 5.74) is 7.50. The summed E-state index contributed by atoms with van der Waals surface area (Å²) in [6.07, 6.45) is 0.763. The average Bonchev–Trinajstić information content (AvgIpc) is 3.02. The highest BCUT2D eigenvalue weighted by Gasteiger charge is 2.29. The minimum absolute atomic E-state index is 0.0688. The van der Waals surface area contributed by atoms with Crippen molar-refractivity contribution >= 4 is 21.8 Å². The van der Waals surface area contributed by atoms with Crippen LogP contribution >= 0.6 is 15.9 Å². The van der Waals surface area contributed by atoms with Crippen LogP contribution in [0.3, 0.4) is 0 Å². The second kappa shape index (κ2) is 8.62. The van der Waals surface area contributed by atoms with Crippen LogP contribution in [0, 0.1) is 0 Å². The molecule has 122 valence electrons. The number of nitrogens with zero attached hydrogens (tertiary/aromatic N) is 1. The van der Waals surface area contributed by atoms with Gasteiger partial charge in [0.2, 0.25) is 5.91 Å². The Labute approximate surface area is 140 Å². The predicted octanol–water partition coefficient (Wildman–Crippen LogP) is 1.81. The van der Waals surface area contributed by atoms with Crippen molar-refractivity contribution in [2.24, 2.45) is 0 Å². The van der Waals surface area contributed by atoms with Gasteiger partial charge < -0.3 is 10.2 Å². The topological polar surface area (TPSA) is 56.4 Å². The van der Waals surface area contributed by atoms with Crippen LogP contribution in [0.2, 0.25) is 0 Å². The normalized spacial score (nSPS) is 21.3. The summed E-state index contributed by atoms with van der Waals surface area (Å²) in [5.74, 6) is 0.0688. The van der Waals surface area contributed by atoms with E-state index in [1.54, 1.807) is 0 Å². The van der Waals surface area contributed by atoms with Gasteiger partial charge in [0.05, 0.1) is 0 Å². The first-order chi connectivity index (χ1) is 10.6. The Kier molecular flexibility index (Phi) is 6.82. The number of carbonyl (C=O) groups excluding carboxylic acids is 1. The van der Waals surface area contributed by atoms with Crippen molar-refractivity contribution < 1.29 is 4.79 Å². The molecule has 1 heterocycles. The van der Waals surface area contributed by atoms with Gasteiger partial charge in [-0.3, -0.25) is 4.79 Å². The minimum Gasteiger partial charge on any atom is -0.353 e. The third-order valence-electron chi connectivity index (χ3n) is 4.11. The van der Waals surface area contributed by atoms with Gasteiger partial charge in [0, 0.05) is 23.6 Å². The molecule has 6 heteroatoms. The maximum absolute atomic E-state index is 12.2. The van der Waals surface area contributed by atoms with Gasteiger partial charge in [0.15, 0.2) is 0 Å². The Morgan fingerprint density at radius 3 is 2.59 bits per heavy atom. The Bertz CT molecular complexity index is 476. The first-order valence-electron chi connectivity index (χ1n) is 7.90. The molecule has 1 aromatic rings. The third kappa shape index (κ3) is 4.78. The van der Waals surface area contributed by atoms with E-state index in [-0.39, 0.29) is 18.0 Å². The number of hydrogen-bond donors (Lipinski definition) is 3. The summed E-state index contributed by atoms with van der Waals surface area (Å²) in [5, 5.41) is 3.01. The number of benzene rings is 1. The number of nitrogens with one attached hydrogen (secondary N) is 3. The molecule has 0 bridgehead atoms. The van der Waals surface area contributed by atoms with E-state index in [2.05, 4.69) is 63.0 Å². The van der Waals surface area contributed by atoms with Crippen LogP contribution in [-0.4, -0.2) is 43.0 Å². The first-order valence-corrected chi connectivity index (χ1v) is 8.70. The van der Waals surface area contributed by atoms with Gasteiger partial charge >= 0.3 is 0 Å². The number of halogens is 1. The second-order valence-corrected chi connectivity index (χ2v) is 6.41. The number of hydrogen-bond acceptors (Lipinski definition) is 4. The van der Waals surface area contributed by atoms with Gasteiger partial charge in [-0.2, -0.15) is 0 Å². The van der Waals surface area contributed by atoms with Gasteiger partial charge in [-0.25, -0.2) is 10.9 Å². The standard InChI is InChI=1S/C16H25BrN4O/c1-3-21(4-2)10-9-18-16(22)15-11-14(19-20-15)12-5-7-13(17)8-6-12/h5-8,14-15,19-20H,3-4,9-11H2,1-2H3,(H,18,22). The van der Waals surface area contributed by atoms with E-state index in [9.17, 15) is 4.79 Å². The van der Waals surface area contributed by atoms with Gasteiger partial charge in [0.1, 0.15) is 6.04 Å². The third-order valence-corrected chi connectivity index (χ3v) is 4.64. The summed E-state index contributed by atoms with van der Waals surface area (Å²) in [4.78, 5) is 14.5. The lowest BCUT2D eigenvalue weighted by atomic mass is 10.0. The summed E-state index contributed by atoms with van der Waals surface area (Å²) in [6, 6.07) is 8.19. The highest BCUT2D eigenvalue weighted by molar-refractivity contribution is 9.10. The van der Waals surface area contributed by atoms with Crippen LogP contribution in [0.15, 0.2) is 28.7 Å². The molecule has 5 nitrogen and oxygen atoms in total. The summed E-state index contributed by atoms with van der Waals surface area (Å²) in [6.45, 7) is 7.90. The fraction of sp³-hybridized carbons (Fsp3) is 0.562. The number of rotatable bonds is 7. The molecule has 1 fully saturated rings. The van der Waals surface area contributed by atoms with Gasteiger partial charge in [-0.15, -0.1) is 0 Å². The van der Waals surface area contributed by atoms with E-state index in [0.29, 0.717) is 6.54 Å². The molecule has 22 heavy (non-hydrogen) atoms. The Morgan fingerprint density at radius 2 is 1.95 bits per heavy atom. The molecule has 2 atom stereocenters. The Hall–Kier alpha value is -0.950. The van der Waals surface area contributed by atoms with Crippen molar-refractivity contribution in [2.45, 2.75) is 32.4 Å². The molecule has 0 aromatic heterocycles. The number of amides is 1. The molecule has 2 unspecified atom stereocenters. The van der Waals surface area contributed by atoms with E-state index in [0.717, 1.165) is 30.5 Å². The van der Waals surface area contributed by atoms with Crippen molar-refractivity contribution in [3.63, 3.8) is 0 Å². The van der Waals surface area contributed by atoms with Crippen LogP contribution in [0.25, 0.3) is 0 Å². The van der Waals surface area contributed by atoms with Crippen LogP contribution < -0.4 is 16.2 Å². The fourth-order valence-electron chi connectivity index (χ4n) is 2.64. The lowest BCUT2D eigenvalue weighted by Gasteiger charge is -2.18. The van der Waals surface area contributed by atoms with E-state index in [1.807, 2.05) is 12.1 Å². The van der Waals surface area contributed by atoms with E-state index >= 15 is 0 Å². The molecular weight excluding hydrogens is 344 g/mol. The van der Waals surface area contributed by atoms with Crippen molar-refractivity contribution in [1.82, 2.24) is 21.1 Å². The highest BCUT2D eigenvalue weighted by atomic mass is 79.9. The fourth-order valence-corrected chi connectivity index (χ4v) is 2.91. The lowest BCUT2D eigenvalue weighted by Crippen LogP contribution is -2.45. The highest BCUT2D eigenvalue weighted by Crippen LogP contribution is 2.23. The molecule has 1 aliphatic rings. The molecule has 1 aromatic carbocycles. The number of likely N-dealkylation sites (N-methyl/N-ethyl adjacent to an activating group) is 1. The second-order valence-electron chi connectivity index (χ2n) is 5.50. The SMILES string of the molecule is CCN(CC)CCNC(=O)C1CC(c2ccc(Br)cc2)NN1. The average molecular weight is 369 g/mol. The van der Waals surface area contributed by atoms with Crippen LogP contribution in [0.5, 0.6) is 0 Å². The van der Waals surface area contributed by atoms with Crippen molar-refractivity contribution in [2.75, 3.05) is 26.2 Å². The van der Waals surface area contributed by atoms with Gasteiger partial charge in [-0.05, 0) is 37.2 Å². The smallest absolute Gasteiger partial charge is 0.238 e. The zero-order valence-corrected chi connectivity index (χ0v) is 14.8. The number of hydrazine groups is 1. The minimum atomic E-state index is -0.176. The Morgan fingerprint density at radius 1 is 1.27 bits per heavy atom. The zero-order chi connectivity index (χ0) is 15.9. The first kappa shape index (κ1) is 17.4. The summed E-state index contributed by atoms with van der Waals surface area (Å²) < 4.78 is 1.06. The van der Waals surface area contributed by atoms with Crippen molar-refractivity contribution in [3.05, 3.63) is 34.3 Å². The largest absolute Gasteiger partial charge is 0.353 e. The van der Waals surface area contributed by atoms with Gasteiger partial charge in [-0.1, -0.05) is 41.9 Å². The van der Waals surface area contributed by atoms with Crippen molar-refractivity contribution in [3.8, 4) is 0 Å². The monoisotopic (exact) mass is 368 g/mol. The van der Waals surface area contributed by atoms with Crippen molar-refractivity contribution in [1.29, 1.82) is 0 Å². The van der Waals surface area contributed by atoms with Crippen LogP contribution in [0.1, 0.15) is 31.9 Å². The maximum atomic E-state index is 12.2. The van der Waals surface area contributed by atoms with E-state index in [4.69, 9.17) is 0 Å². The molecule has 3 N–H and O–H groups in total. The van der Waals surface area contributed by atoms with E-state index < -0.39 is 0 Å². The molecule has 1 amide bonds. The molecular formula is C16H25BrN4O. The maximum Gasteiger partial charge on any atom is 0.238 e. The van der Waals surface area contributed by atoms with Crippen LogP contribution in [-0.2, 0) is 4.79 Å². The summed E-state index contributed by atoms with van der Waals surface area (Å²) >= 11 is 3.44. The zero-order valence-electron chi connectivity index (χ0n) is 13.2. The Balaban J connectivity index is 1.77. The molecule has 0 saturated carbocycles. The molecule has 1 saturated heterocycles. The molecule has 1 aliphatic heterocycles. The quantitative estimate of drug-likeness (QED) is 0.686. The predicted molar refractivity (Wildman–Crippen MR) is 92.4 cm³/mol. The van der Waals surface area contributed by atoms with E-state index in [1.165, 1.54) is 5.56 Å². The van der Waals surface area contributed by atoms with Gasteiger partial charge in [0.25, 0.3) is 0 Å². The molecule has 2 rings (SSSR count).